The number of rotatable bonds is 6. The highest BCUT2D eigenvalue weighted by Gasteiger charge is 2.29. The molecule has 0 saturated carbocycles. The van der Waals surface area contributed by atoms with Gasteiger partial charge in [0.2, 0.25) is 0 Å². The van der Waals surface area contributed by atoms with Crippen molar-refractivity contribution >= 4 is 27.1 Å². The molecule has 1 saturated heterocycles. The van der Waals surface area contributed by atoms with E-state index >= 15 is 0 Å². The maximum absolute atomic E-state index is 12.2. The van der Waals surface area contributed by atoms with E-state index in [1.807, 2.05) is 31.2 Å². The summed E-state index contributed by atoms with van der Waals surface area (Å²) in [6.07, 6.45) is 2.00. The molecule has 138 valence electrons. The fourth-order valence-corrected chi connectivity index (χ4v) is 4.45. The van der Waals surface area contributed by atoms with E-state index in [1.54, 1.807) is 18.3 Å². The Bertz CT molecular complexity index is 882. The van der Waals surface area contributed by atoms with Gasteiger partial charge < -0.3 is 15.4 Å². The Morgan fingerprint density at radius 2 is 2.08 bits per heavy atom. The molecular formula is C18H21N3O4S. The van der Waals surface area contributed by atoms with Gasteiger partial charge in [-0.15, -0.1) is 0 Å². The van der Waals surface area contributed by atoms with Crippen LogP contribution in [0.2, 0.25) is 0 Å². The van der Waals surface area contributed by atoms with E-state index in [9.17, 15) is 13.2 Å². The van der Waals surface area contributed by atoms with Gasteiger partial charge in [0.25, 0.3) is 5.91 Å². The fourth-order valence-electron chi connectivity index (χ4n) is 2.78. The summed E-state index contributed by atoms with van der Waals surface area (Å²) in [6, 6.07) is 10.6. The van der Waals surface area contributed by atoms with Crippen LogP contribution in [0.25, 0.3) is 0 Å². The minimum absolute atomic E-state index is 0.00735. The Labute approximate surface area is 152 Å². The lowest BCUT2D eigenvalue weighted by molar-refractivity contribution is 0.0936. The summed E-state index contributed by atoms with van der Waals surface area (Å²) in [5.74, 6) is 0.479. The van der Waals surface area contributed by atoms with E-state index in [2.05, 4.69) is 15.6 Å². The number of benzene rings is 1. The number of carbonyl (C=O) groups excluding carboxylic acids is 1. The molecule has 1 aliphatic heterocycles. The first-order chi connectivity index (χ1) is 12.5. The smallest absolute Gasteiger partial charge is 0.270 e. The summed E-state index contributed by atoms with van der Waals surface area (Å²) in [6.45, 7) is 2.48. The van der Waals surface area contributed by atoms with Crippen molar-refractivity contribution in [2.24, 2.45) is 0 Å². The molecule has 1 fully saturated rings. The molecule has 2 heterocycles. The molecule has 26 heavy (non-hydrogen) atoms. The van der Waals surface area contributed by atoms with Gasteiger partial charge in [0.1, 0.15) is 11.4 Å². The Hall–Kier alpha value is -2.61. The SMILES string of the molecule is CCOc1ccccc1Nc1ccc(C(=O)NC2CCS(=O)(=O)C2)nc1. The minimum Gasteiger partial charge on any atom is -0.492 e. The molecule has 8 heteroatoms. The molecule has 1 unspecified atom stereocenters. The van der Waals surface area contributed by atoms with Crippen molar-refractivity contribution < 1.29 is 17.9 Å². The third kappa shape index (κ3) is 4.51. The normalized spacial score (nSPS) is 18.3. The second kappa shape index (κ2) is 7.74. The van der Waals surface area contributed by atoms with Gasteiger partial charge in [-0.2, -0.15) is 0 Å². The van der Waals surface area contributed by atoms with Crippen molar-refractivity contribution in [2.45, 2.75) is 19.4 Å². The number of pyridine rings is 1. The van der Waals surface area contributed by atoms with Gasteiger partial charge in [0, 0.05) is 6.04 Å². The lowest BCUT2D eigenvalue weighted by atomic mass is 10.2. The van der Waals surface area contributed by atoms with Gasteiger partial charge in [-0.3, -0.25) is 4.79 Å². The lowest BCUT2D eigenvalue weighted by Crippen LogP contribution is -2.36. The number of ether oxygens (including phenoxy) is 1. The summed E-state index contributed by atoms with van der Waals surface area (Å²) >= 11 is 0. The highest BCUT2D eigenvalue weighted by Crippen LogP contribution is 2.27. The second-order valence-corrected chi connectivity index (χ2v) is 8.29. The molecule has 0 radical (unpaired) electrons. The molecule has 0 aliphatic carbocycles. The highest BCUT2D eigenvalue weighted by molar-refractivity contribution is 7.91. The second-order valence-electron chi connectivity index (χ2n) is 6.06. The molecule has 1 atom stereocenters. The van der Waals surface area contributed by atoms with Crippen molar-refractivity contribution in [1.29, 1.82) is 0 Å². The van der Waals surface area contributed by atoms with Crippen molar-refractivity contribution in [1.82, 2.24) is 10.3 Å². The molecule has 3 rings (SSSR count). The number of anilines is 2. The van der Waals surface area contributed by atoms with Gasteiger partial charge in [-0.05, 0) is 37.6 Å². The zero-order chi connectivity index (χ0) is 18.6. The Morgan fingerprint density at radius 1 is 1.27 bits per heavy atom. The lowest BCUT2D eigenvalue weighted by Gasteiger charge is -2.13. The summed E-state index contributed by atoms with van der Waals surface area (Å²) in [4.78, 5) is 16.4. The van der Waals surface area contributed by atoms with Crippen LogP contribution in [0.5, 0.6) is 5.75 Å². The summed E-state index contributed by atoms with van der Waals surface area (Å²) in [5.41, 5.74) is 1.78. The fraction of sp³-hybridized carbons (Fsp3) is 0.333. The van der Waals surface area contributed by atoms with Crippen LogP contribution >= 0.6 is 0 Å². The molecule has 2 aromatic rings. The van der Waals surface area contributed by atoms with Crippen molar-refractivity contribution in [3.63, 3.8) is 0 Å². The third-order valence-corrected chi connectivity index (χ3v) is 5.80. The molecule has 1 amide bonds. The first-order valence-electron chi connectivity index (χ1n) is 8.43. The number of hydrogen-bond donors (Lipinski definition) is 2. The van der Waals surface area contributed by atoms with E-state index in [0.717, 1.165) is 17.1 Å². The minimum atomic E-state index is -3.03. The van der Waals surface area contributed by atoms with Crippen LogP contribution in [0.1, 0.15) is 23.8 Å². The maximum Gasteiger partial charge on any atom is 0.270 e. The predicted octanol–water partition coefficient (Wildman–Crippen LogP) is 2.14. The maximum atomic E-state index is 12.2. The molecule has 0 bridgehead atoms. The van der Waals surface area contributed by atoms with E-state index in [4.69, 9.17) is 4.74 Å². The predicted molar refractivity (Wildman–Crippen MR) is 99.7 cm³/mol. The Morgan fingerprint density at radius 3 is 2.73 bits per heavy atom. The number of carbonyl (C=O) groups is 1. The van der Waals surface area contributed by atoms with Crippen LogP contribution in [0.15, 0.2) is 42.6 Å². The van der Waals surface area contributed by atoms with Gasteiger partial charge >= 0.3 is 0 Å². The molecular weight excluding hydrogens is 354 g/mol. The molecule has 1 aliphatic rings. The summed E-state index contributed by atoms with van der Waals surface area (Å²) < 4.78 is 28.5. The van der Waals surface area contributed by atoms with E-state index < -0.39 is 9.84 Å². The van der Waals surface area contributed by atoms with Crippen LogP contribution in [0.3, 0.4) is 0 Å². The number of nitrogens with one attached hydrogen (secondary N) is 2. The van der Waals surface area contributed by atoms with Gasteiger partial charge in [0.05, 0.1) is 35.7 Å². The molecule has 1 aromatic carbocycles. The molecule has 1 aromatic heterocycles. The van der Waals surface area contributed by atoms with E-state index in [1.165, 1.54) is 0 Å². The van der Waals surface area contributed by atoms with Crippen LogP contribution in [0.4, 0.5) is 11.4 Å². The van der Waals surface area contributed by atoms with Gasteiger partial charge in [0.15, 0.2) is 9.84 Å². The first kappa shape index (κ1) is 18.2. The van der Waals surface area contributed by atoms with E-state index in [-0.39, 0.29) is 29.1 Å². The number of sulfone groups is 1. The number of hydrogen-bond acceptors (Lipinski definition) is 6. The topological polar surface area (TPSA) is 97.4 Å². The monoisotopic (exact) mass is 375 g/mol. The Balaban J connectivity index is 1.64. The van der Waals surface area contributed by atoms with Crippen LogP contribution in [-0.4, -0.2) is 43.5 Å². The average molecular weight is 375 g/mol. The van der Waals surface area contributed by atoms with Crippen molar-refractivity contribution in [3.8, 4) is 5.75 Å². The standard InChI is InChI=1S/C18H21N3O4S/c1-2-25-17-6-4-3-5-15(17)20-13-7-8-16(19-11-13)18(22)21-14-9-10-26(23,24)12-14/h3-8,11,14,20H,2,9-10,12H2,1H3,(H,21,22). The zero-order valence-corrected chi connectivity index (χ0v) is 15.3. The zero-order valence-electron chi connectivity index (χ0n) is 14.4. The summed E-state index contributed by atoms with van der Waals surface area (Å²) in [7, 11) is -3.03. The Kier molecular flexibility index (Phi) is 5.41. The average Bonchev–Trinajstić information content (AvgIpc) is 2.96. The van der Waals surface area contributed by atoms with Crippen LogP contribution < -0.4 is 15.4 Å². The molecule has 7 nitrogen and oxygen atoms in total. The molecule has 2 N–H and O–H groups in total. The van der Waals surface area contributed by atoms with Crippen LogP contribution in [0, 0.1) is 0 Å². The highest BCUT2D eigenvalue weighted by atomic mass is 32.2. The number of aromatic nitrogens is 1. The third-order valence-electron chi connectivity index (χ3n) is 4.03. The molecule has 0 spiro atoms. The number of amides is 1. The summed E-state index contributed by atoms with van der Waals surface area (Å²) in [5, 5.41) is 5.93. The quantitative estimate of drug-likeness (QED) is 0.803. The van der Waals surface area contributed by atoms with Gasteiger partial charge in [-0.1, -0.05) is 12.1 Å². The first-order valence-corrected chi connectivity index (χ1v) is 10.2. The largest absolute Gasteiger partial charge is 0.492 e. The van der Waals surface area contributed by atoms with Crippen molar-refractivity contribution in [3.05, 3.63) is 48.3 Å². The number of para-hydroxylation sites is 2. The van der Waals surface area contributed by atoms with Crippen LogP contribution in [-0.2, 0) is 9.84 Å². The van der Waals surface area contributed by atoms with Crippen molar-refractivity contribution in [2.75, 3.05) is 23.4 Å². The number of nitrogens with zero attached hydrogens (tertiary/aromatic N) is 1. The van der Waals surface area contributed by atoms with E-state index in [0.29, 0.717) is 13.0 Å². The van der Waals surface area contributed by atoms with Gasteiger partial charge in [-0.25, -0.2) is 13.4 Å².